The van der Waals surface area contributed by atoms with Crippen molar-refractivity contribution in [1.82, 2.24) is 34.9 Å². The van der Waals surface area contributed by atoms with Crippen LogP contribution in [-0.2, 0) is 4.79 Å². The van der Waals surface area contributed by atoms with Crippen LogP contribution in [0.5, 0.6) is 5.75 Å². The van der Waals surface area contributed by atoms with Crippen LogP contribution in [0.1, 0.15) is 78.4 Å². The normalized spacial score (nSPS) is 20.4. The molecule has 0 saturated carbocycles. The van der Waals surface area contributed by atoms with Crippen LogP contribution in [-0.4, -0.2) is 111 Å². The van der Waals surface area contributed by atoms with Crippen LogP contribution < -0.4 is 20.9 Å². The second-order valence-corrected chi connectivity index (χ2v) is 16.9. The predicted molar refractivity (Wildman–Crippen MR) is 228 cm³/mol. The number of phenolic OH excluding ortho intramolecular Hbond substituents is 1. The van der Waals surface area contributed by atoms with Gasteiger partial charge >= 0.3 is 6.03 Å². The van der Waals surface area contributed by atoms with Crippen LogP contribution in [0.15, 0.2) is 73.1 Å². The zero-order valence-corrected chi connectivity index (χ0v) is 33.9. The number of benzene rings is 2. The van der Waals surface area contributed by atoms with Crippen molar-refractivity contribution >= 4 is 46.1 Å². The highest BCUT2D eigenvalue weighted by Crippen LogP contribution is 2.37. The molecule has 2 aromatic carbocycles. The van der Waals surface area contributed by atoms with E-state index in [0.717, 1.165) is 74.1 Å². The predicted octanol–water partition coefficient (Wildman–Crippen LogP) is 6.20. The van der Waals surface area contributed by atoms with Gasteiger partial charge in [0.2, 0.25) is 5.91 Å². The Hall–Kier alpha value is -6.09. The molecule has 3 aromatic heterocycles. The number of nitrogen functional groups attached to an aromatic ring is 1. The van der Waals surface area contributed by atoms with E-state index in [1.165, 1.54) is 10.5 Å². The first-order valence-electron chi connectivity index (χ1n) is 21.1. The number of amides is 4. The SMILES string of the molecule is Cc1cc(C(=O)N2CCC(F)(CN3CCC(n4ccc5cc(N6CCC(=O)NC6=O)cnc54)CC3)CC2)ccc1[C@H]1CCCN(c2cc(-c3ccccc3O)nnc2N)C1. The number of nitrogens with zero attached hydrogens (tertiary/aromatic N) is 8. The third-order valence-corrected chi connectivity index (χ3v) is 13.0. The van der Waals surface area contributed by atoms with Crippen molar-refractivity contribution in [2.24, 2.45) is 0 Å². The number of piperidine rings is 3. The highest BCUT2D eigenvalue weighted by molar-refractivity contribution is 6.06. The highest BCUT2D eigenvalue weighted by Gasteiger charge is 2.39. The number of hydrogen-bond acceptors (Lipinski definition) is 10. The first-order chi connectivity index (χ1) is 29.0. The minimum Gasteiger partial charge on any atom is -0.507 e. The molecule has 4 aliphatic heterocycles. The minimum atomic E-state index is -1.35. The summed E-state index contributed by atoms with van der Waals surface area (Å²) in [6.07, 6.45) is 8.31. The van der Waals surface area contributed by atoms with Crippen LogP contribution in [0, 0.1) is 6.92 Å². The number of carbonyl (C=O) groups excluding carboxylic acids is 3. The van der Waals surface area contributed by atoms with E-state index in [4.69, 9.17) is 10.7 Å². The Labute approximate surface area is 348 Å². The van der Waals surface area contributed by atoms with Gasteiger partial charge in [-0.25, -0.2) is 14.2 Å². The number of aryl methyl sites for hydroxylation is 1. The number of likely N-dealkylation sites (tertiary alicyclic amines) is 2. The average molecular weight is 815 g/mol. The zero-order valence-electron chi connectivity index (χ0n) is 33.9. The first-order valence-corrected chi connectivity index (χ1v) is 21.1. The first kappa shape index (κ1) is 39.4. The number of imide groups is 1. The van der Waals surface area contributed by atoms with Gasteiger partial charge in [0.1, 0.15) is 17.1 Å². The molecule has 5 aromatic rings. The van der Waals surface area contributed by atoms with Gasteiger partial charge in [-0.15, -0.1) is 10.2 Å². The van der Waals surface area contributed by atoms with Crippen LogP contribution in [0.3, 0.4) is 0 Å². The van der Waals surface area contributed by atoms with E-state index in [1.54, 1.807) is 23.2 Å². The van der Waals surface area contributed by atoms with Crippen LogP contribution >= 0.6 is 0 Å². The summed E-state index contributed by atoms with van der Waals surface area (Å²) in [7, 11) is 0. The number of pyridine rings is 1. The smallest absolute Gasteiger partial charge is 0.328 e. The summed E-state index contributed by atoms with van der Waals surface area (Å²) in [5.41, 5.74) is 11.3. The summed E-state index contributed by atoms with van der Waals surface area (Å²) in [4.78, 5) is 50.2. The van der Waals surface area contributed by atoms with E-state index >= 15 is 4.39 Å². The quantitative estimate of drug-likeness (QED) is 0.164. The van der Waals surface area contributed by atoms with Crippen molar-refractivity contribution < 1.29 is 23.9 Å². The van der Waals surface area contributed by atoms with Gasteiger partial charge in [-0.3, -0.25) is 19.8 Å². The molecule has 0 aliphatic carbocycles. The summed E-state index contributed by atoms with van der Waals surface area (Å²) in [6, 6.07) is 18.7. The largest absolute Gasteiger partial charge is 0.507 e. The molecule has 312 valence electrons. The summed E-state index contributed by atoms with van der Waals surface area (Å²) in [6.45, 7) is 6.62. The summed E-state index contributed by atoms with van der Waals surface area (Å²) in [5.74, 6) is 0.389. The van der Waals surface area contributed by atoms with E-state index in [1.807, 2.05) is 48.7 Å². The van der Waals surface area contributed by atoms with Crippen molar-refractivity contribution in [3.05, 3.63) is 89.7 Å². The Bertz CT molecular complexity index is 2440. The number of nitrogens with one attached hydrogen (secondary N) is 1. The fourth-order valence-electron chi connectivity index (χ4n) is 9.68. The molecule has 15 heteroatoms. The lowest BCUT2D eigenvalue weighted by atomic mass is 9.86. The van der Waals surface area contributed by atoms with Gasteiger partial charge in [0.05, 0.1) is 23.3 Å². The number of urea groups is 1. The Morgan fingerprint density at radius 2 is 1.77 bits per heavy atom. The molecule has 9 rings (SSSR count). The van der Waals surface area contributed by atoms with Gasteiger partial charge in [0, 0.05) is 106 Å². The van der Waals surface area contributed by atoms with Crippen LogP contribution in [0.2, 0.25) is 0 Å². The van der Waals surface area contributed by atoms with E-state index in [0.29, 0.717) is 67.3 Å². The standard InChI is InChI=1S/C45H51FN10O4/c1-29-23-31(8-9-35(29)32-5-4-16-54(27-32)38-25-37(50-51-41(38)47)36-6-2-3-7-39(36)57)43(59)53-21-14-45(46,15-22-53)28-52-17-11-33(12-18-52)55-19-10-30-24-34(26-48-42(30)55)56-20-13-40(58)49-44(56)60/h2-3,6-10,19,23-26,32-33,57H,4-5,11-18,20-22,27-28H2,1H3,(H2,47,51)(H,49,58,60)/t32-/m0/s1. The number of aromatic nitrogens is 4. The number of carbonyl (C=O) groups is 3. The Kier molecular flexibility index (Phi) is 10.6. The van der Waals surface area contributed by atoms with E-state index in [2.05, 4.69) is 42.9 Å². The van der Waals surface area contributed by atoms with Crippen molar-refractivity contribution in [1.29, 1.82) is 0 Å². The molecule has 4 aliphatic rings. The molecule has 0 bridgehead atoms. The second kappa shape index (κ2) is 16.2. The zero-order chi connectivity index (χ0) is 41.5. The number of aromatic hydroxyl groups is 1. The van der Waals surface area contributed by atoms with Crippen LogP contribution in [0.25, 0.3) is 22.3 Å². The second-order valence-electron chi connectivity index (χ2n) is 16.9. The molecule has 14 nitrogen and oxygen atoms in total. The highest BCUT2D eigenvalue weighted by atomic mass is 19.1. The lowest BCUT2D eigenvalue weighted by Gasteiger charge is -2.41. The molecule has 4 fully saturated rings. The Morgan fingerprint density at radius 3 is 2.53 bits per heavy atom. The molecular formula is C45H51FN10O4. The molecule has 4 amide bonds. The van der Waals surface area contributed by atoms with Gasteiger partial charge in [-0.2, -0.15) is 0 Å². The number of fused-ring (bicyclic) bond motifs is 1. The third kappa shape index (κ3) is 7.85. The number of nitrogens with two attached hydrogens (primary N) is 1. The molecule has 0 spiro atoms. The molecule has 4 saturated heterocycles. The lowest BCUT2D eigenvalue weighted by Crippen LogP contribution is -2.51. The number of para-hydroxylation sites is 1. The van der Waals surface area contributed by atoms with Gasteiger partial charge in [0.15, 0.2) is 5.82 Å². The molecule has 0 radical (unpaired) electrons. The lowest BCUT2D eigenvalue weighted by molar-refractivity contribution is -0.120. The molecule has 0 unspecified atom stereocenters. The van der Waals surface area contributed by atoms with Gasteiger partial charge in [0.25, 0.3) is 5.91 Å². The number of halogens is 1. The average Bonchev–Trinajstić information content (AvgIpc) is 3.68. The molecule has 4 N–H and O–H groups in total. The Balaban J connectivity index is 0.774. The molecule has 7 heterocycles. The number of hydrogen-bond donors (Lipinski definition) is 3. The Morgan fingerprint density at radius 1 is 0.967 bits per heavy atom. The maximum atomic E-state index is 16.4. The van der Waals surface area contributed by atoms with Crippen molar-refractivity contribution in [2.45, 2.75) is 69.5 Å². The van der Waals surface area contributed by atoms with Gasteiger partial charge in [-0.05, 0) is 86.2 Å². The number of alkyl halides is 1. The molecule has 60 heavy (non-hydrogen) atoms. The fraction of sp³-hybridized carbons (Fsp3) is 0.422. The molecular weight excluding hydrogens is 764 g/mol. The van der Waals surface area contributed by atoms with Gasteiger partial charge in [-0.1, -0.05) is 18.2 Å². The van der Waals surface area contributed by atoms with E-state index in [9.17, 15) is 19.5 Å². The fourth-order valence-corrected chi connectivity index (χ4v) is 9.68. The third-order valence-electron chi connectivity index (χ3n) is 13.0. The van der Waals surface area contributed by atoms with Crippen LogP contribution in [0.4, 0.5) is 26.4 Å². The number of anilines is 3. The maximum absolute atomic E-state index is 16.4. The van der Waals surface area contributed by atoms with E-state index < -0.39 is 11.7 Å². The minimum absolute atomic E-state index is 0.0564. The monoisotopic (exact) mass is 814 g/mol. The summed E-state index contributed by atoms with van der Waals surface area (Å²) in [5, 5.41) is 22.2. The van der Waals surface area contributed by atoms with Crippen molar-refractivity contribution in [2.75, 3.05) is 67.9 Å². The summed E-state index contributed by atoms with van der Waals surface area (Å²) < 4.78 is 18.6. The van der Waals surface area contributed by atoms with Crippen molar-refractivity contribution in [3.63, 3.8) is 0 Å². The van der Waals surface area contributed by atoms with Crippen molar-refractivity contribution in [3.8, 4) is 17.0 Å². The summed E-state index contributed by atoms with van der Waals surface area (Å²) >= 11 is 0. The number of rotatable bonds is 8. The molecule has 1 atom stereocenters. The number of phenols is 1. The van der Waals surface area contributed by atoms with Gasteiger partial charge < -0.3 is 30.1 Å². The topological polar surface area (TPSA) is 166 Å². The maximum Gasteiger partial charge on any atom is 0.328 e. The van der Waals surface area contributed by atoms with E-state index in [-0.39, 0.29) is 35.9 Å².